The first-order valence-electron chi connectivity index (χ1n) is 4.83. The third-order valence-corrected chi connectivity index (χ3v) is 2.66. The molecule has 1 saturated carbocycles. The summed E-state index contributed by atoms with van der Waals surface area (Å²) in [6, 6.07) is 1.73. The Morgan fingerprint density at radius 1 is 1.64 bits per heavy atom. The highest BCUT2D eigenvalue weighted by atomic mass is 16.2. The molecule has 0 bridgehead atoms. The van der Waals surface area contributed by atoms with Crippen molar-refractivity contribution < 1.29 is 4.79 Å². The van der Waals surface area contributed by atoms with Crippen LogP contribution in [-0.2, 0) is 4.79 Å². The fourth-order valence-electron chi connectivity index (χ4n) is 1.87. The summed E-state index contributed by atoms with van der Waals surface area (Å²) in [5, 5.41) is 9.19. The first-order valence-corrected chi connectivity index (χ1v) is 4.83. The van der Waals surface area contributed by atoms with Crippen molar-refractivity contribution in [2.75, 3.05) is 5.32 Å². The van der Waals surface area contributed by atoms with Crippen LogP contribution in [-0.4, -0.2) is 22.1 Å². The van der Waals surface area contributed by atoms with E-state index in [2.05, 4.69) is 15.5 Å². The van der Waals surface area contributed by atoms with Gasteiger partial charge in [0, 0.05) is 12.1 Å². The van der Waals surface area contributed by atoms with E-state index in [1.165, 1.54) is 0 Å². The standard InChI is InChI=1S/C9H14N4O/c10-7-3-1-2-6(7)9(14)12-8-4-5-11-13-8/h4-7H,1-3,10H2,(H2,11,12,13,14). The Bertz CT molecular complexity index is 309. The molecule has 0 aromatic carbocycles. The van der Waals surface area contributed by atoms with E-state index >= 15 is 0 Å². The summed E-state index contributed by atoms with van der Waals surface area (Å²) in [6.07, 6.45) is 4.48. The van der Waals surface area contributed by atoms with E-state index < -0.39 is 0 Å². The normalized spacial score (nSPS) is 26.4. The van der Waals surface area contributed by atoms with Gasteiger partial charge >= 0.3 is 0 Å². The molecule has 5 nitrogen and oxygen atoms in total. The van der Waals surface area contributed by atoms with Crippen molar-refractivity contribution in [3.63, 3.8) is 0 Å². The number of nitrogens with one attached hydrogen (secondary N) is 2. The molecule has 2 atom stereocenters. The Morgan fingerprint density at radius 2 is 2.50 bits per heavy atom. The topological polar surface area (TPSA) is 83.8 Å². The van der Waals surface area contributed by atoms with Crippen molar-refractivity contribution in [1.29, 1.82) is 0 Å². The number of nitrogens with two attached hydrogens (primary N) is 1. The lowest BCUT2D eigenvalue weighted by atomic mass is 10.0. The number of hydrogen-bond donors (Lipinski definition) is 3. The van der Waals surface area contributed by atoms with Crippen LogP contribution in [0.4, 0.5) is 5.82 Å². The molecule has 2 rings (SSSR count). The van der Waals surface area contributed by atoms with Gasteiger partial charge in [0.05, 0.1) is 12.1 Å². The lowest BCUT2D eigenvalue weighted by molar-refractivity contribution is -0.120. The molecular formula is C9H14N4O. The monoisotopic (exact) mass is 194 g/mol. The molecule has 1 aromatic rings. The molecule has 4 N–H and O–H groups in total. The van der Waals surface area contributed by atoms with Crippen LogP contribution < -0.4 is 11.1 Å². The number of amides is 1. The number of rotatable bonds is 2. The molecule has 14 heavy (non-hydrogen) atoms. The first kappa shape index (κ1) is 9.21. The average Bonchev–Trinajstić information content (AvgIpc) is 2.75. The molecular weight excluding hydrogens is 180 g/mol. The van der Waals surface area contributed by atoms with Crippen LogP contribution >= 0.6 is 0 Å². The van der Waals surface area contributed by atoms with Crippen LogP contribution in [0.2, 0.25) is 0 Å². The maximum Gasteiger partial charge on any atom is 0.230 e. The Labute approximate surface area is 82.1 Å². The van der Waals surface area contributed by atoms with Gasteiger partial charge in [-0.05, 0) is 12.8 Å². The number of aromatic nitrogens is 2. The van der Waals surface area contributed by atoms with E-state index in [1.807, 2.05) is 0 Å². The number of hydrogen-bond acceptors (Lipinski definition) is 3. The highest BCUT2D eigenvalue weighted by molar-refractivity contribution is 5.92. The van der Waals surface area contributed by atoms with Gasteiger partial charge in [-0.15, -0.1) is 0 Å². The van der Waals surface area contributed by atoms with Gasteiger partial charge in [0.15, 0.2) is 0 Å². The van der Waals surface area contributed by atoms with E-state index in [4.69, 9.17) is 5.73 Å². The maximum atomic E-state index is 11.7. The predicted molar refractivity (Wildman–Crippen MR) is 52.5 cm³/mol. The van der Waals surface area contributed by atoms with Gasteiger partial charge in [0.2, 0.25) is 5.91 Å². The van der Waals surface area contributed by atoms with E-state index in [9.17, 15) is 4.79 Å². The first-order chi connectivity index (χ1) is 6.77. The largest absolute Gasteiger partial charge is 0.327 e. The van der Waals surface area contributed by atoms with Crippen LogP contribution in [0.5, 0.6) is 0 Å². The molecule has 1 aromatic heterocycles. The fraction of sp³-hybridized carbons (Fsp3) is 0.556. The molecule has 0 radical (unpaired) electrons. The number of carbonyl (C=O) groups is 1. The van der Waals surface area contributed by atoms with Crippen molar-refractivity contribution in [3.05, 3.63) is 12.3 Å². The summed E-state index contributed by atoms with van der Waals surface area (Å²) in [6.45, 7) is 0. The molecule has 0 aliphatic heterocycles. The lowest BCUT2D eigenvalue weighted by Gasteiger charge is -2.13. The van der Waals surface area contributed by atoms with Crippen LogP contribution in [0.15, 0.2) is 12.3 Å². The molecule has 1 heterocycles. The van der Waals surface area contributed by atoms with Crippen molar-refractivity contribution in [1.82, 2.24) is 10.2 Å². The van der Waals surface area contributed by atoms with Crippen LogP contribution in [0.3, 0.4) is 0 Å². The zero-order valence-electron chi connectivity index (χ0n) is 7.86. The summed E-state index contributed by atoms with van der Waals surface area (Å²) in [4.78, 5) is 11.7. The smallest absolute Gasteiger partial charge is 0.230 e. The van der Waals surface area contributed by atoms with Gasteiger partial charge in [-0.2, -0.15) is 5.10 Å². The fourth-order valence-corrected chi connectivity index (χ4v) is 1.87. The SMILES string of the molecule is NC1CCCC1C(=O)Nc1ccn[nH]1. The Balaban J connectivity index is 1.95. The van der Waals surface area contributed by atoms with Gasteiger partial charge < -0.3 is 11.1 Å². The number of nitrogens with zero attached hydrogens (tertiary/aromatic N) is 1. The van der Waals surface area contributed by atoms with Gasteiger partial charge in [-0.3, -0.25) is 9.89 Å². The summed E-state index contributed by atoms with van der Waals surface area (Å²) >= 11 is 0. The molecule has 76 valence electrons. The zero-order chi connectivity index (χ0) is 9.97. The van der Waals surface area contributed by atoms with Crippen molar-refractivity contribution in [2.24, 2.45) is 11.7 Å². The third kappa shape index (κ3) is 1.77. The number of carbonyl (C=O) groups excluding carboxylic acids is 1. The van der Waals surface area contributed by atoms with Crippen LogP contribution in [0.25, 0.3) is 0 Å². The second-order valence-corrected chi connectivity index (χ2v) is 3.66. The zero-order valence-corrected chi connectivity index (χ0v) is 7.86. The molecule has 0 saturated heterocycles. The van der Waals surface area contributed by atoms with Crippen molar-refractivity contribution in [2.45, 2.75) is 25.3 Å². The molecule has 1 aliphatic carbocycles. The second-order valence-electron chi connectivity index (χ2n) is 3.66. The third-order valence-electron chi connectivity index (χ3n) is 2.66. The minimum atomic E-state index is -0.0432. The Kier molecular flexibility index (Phi) is 2.49. The molecule has 1 fully saturated rings. The molecule has 5 heteroatoms. The number of H-pyrrole nitrogens is 1. The van der Waals surface area contributed by atoms with E-state index in [1.54, 1.807) is 12.3 Å². The highest BCUT2D eigenvalue weighted by Crippen LogP contribution is 2.24. The minimum Gasteiger partial charge on any atom is -0.327 e. The maximum absolute atomic E-state index is 11.7. The predicted octanol–water partition coefficient (Wildman–Crippen LogP) is 0.476. The van der Waals surface area contributed by atoms with Gasteiger partial charge in [0.1, 0.15) is 5.82 Å². The number of aromatic amines is 1. The van der Waals surface area contributed by atoms with Crippen molar-refractivity contribution in [3.8, 4) is 0 Å². The van der Waals surface area contributed by atoms with Gasteiger partial charge in [-0.25, -0.2) is 0 Å². The summed E-state index contributed by atoms with van der Waals surface area (Å²) < 4.78 is 0. The Hall–Kier alpha value is -1.36. The lowest BCUT2D eigenvalue weighted by Crippen LogP contribution is -2.34. The van der Waals surface area contributed by atoms with Crippen LogP contribution in [0, 0.1) is 5.92 Å². The number of anilines is 1. The summed E-state index contributed by atoms with van der Waals surface area (Å²) in [5.41, 5.74) is 5.82. The Morgan fingerprint density at radius 3 is 3.07 bits per heavy atom. The molecule has 0 spiro atoms. The minimum absolute atomic E-state index is 0.000694. The quantitative estimate of drug-likeness (QED) is 0.640. The summed E-state index contributed by atoms with van der Waals surface area (Å²) in [7, 11) is 0. The average molecular weight is 194 g/mol. The molecule has 2 unspecified atom stereocenters. The van der Waals surface area contributed by atoms with Gasteiger partial charge in [0.25, 0.3) is 0 Å². The highest BCUT2D eigenvalue weighted by Gasteiger charge is 2.30. The second kappa shape index (κ2) is 3.79. The summed E-state index contributed by atoms with van der Waals surface area (Å²) in [5.74, 6) is 0.589. The van der Waals surface area contributed by atoms with E-state index in [0.29, 0.717) is 5.82 Å². The van der Waals surface area contributed by atoms with Gasteiger partial charge in [-0.1, -0.05) is 6.42 Å². The van der Waals surface area contributed by atoms with E-state index in [0.717, 1.165) is 19.3 Å². The molecule has 1 amide bonds. The van der Waals surface area contributed by atoms with Crippen LogP contribution in [0.1, 0.15) is 19.3 Å². The van der Waals surface area contributed by atoms with Crippen molar-refractivity contribution >= 4 is 11.7 Å². The molecule has 1 aliphatic rings. The van der Waals surface area contributed by atoms with E-state index in [-0.39, 0.29) is 17.9 Å².